The molecule has 0 fully saturated rings. The molecule has 0 radical (unpaired) electrons. The maximum absolute atomic E-state index is 5.45. The molecule has 1 atom stereocenters. The highest BCUT2D eigenvalue weighted by Crippen LogP contribution is 2.09. The molecule has 0 aliphatic heterocycles. The highest BCUT2D eigenvalue weighted by molar-refractivity contribution is 4.92. The van der Waals surface area contributed by atoms with Gasteiger partial charge in [-0.1, -0.05) is 19.6 Å². The highest BCUT2D eigenvalue weighted by Gasteiger charge is 1.99. The smallest absolute Gasteiger partial charge is 0.00363 e. The number of hydrogen-bond acceptors (Lipinski definition) is 1. The minimum absolute atomic E-state index is 0.433. The molecular formula is C8H15N. The molecule has 0 heterocycles. The van der Waals surface area contributed by atoms with Crippen molar-refractivity contribution in [3.63, 3.8) is 0 Å². The maximum atomic E-state index is 5.45. The first-order chi connectivity index (χ1) is 4.18. The van der Waals surface area contributed by atoms with Gasteiger partial charge in [0.15, 0.2) is 0 Å². The van der Waals surface area contributed by atoms with Crippen molar-refractivity contribution in [2.75, 3.05) is 0 Å². The summed E-state index contributed by atoms with van der Waals surface area (Å²) in [5.41, 5.74) is 6.22. The zero-order valence-corrected chi connectivity index (χ0v) is 6.06. The summed E-state index contributed by atoms with van der Waals surface area (Å²) in [6.07, 6.45) is 4.00. The Morgan fingerprint density at radius 3 is 2.67 bits per heavy atom. The summed E-state index contributed by atoms with van der Waals surface area (Å²) in [5, 5.41) is 0. The first kappa shape index (κ1) is 8.28. The molecule has 0 amide bonds. The summed E-state index contributed by atoms with van der Waals surface area (Å²) in [5.74, 6) is 0.433. The van der Waals surface area contributed by atoms with Gasteiger partial charge in [0.25, 0.3) is 0 Å². The van der Waals surface area contributed by atoms with Crippen LogP contribution >= 0.6 is 0 Å². The third-order valence-corrected chi connectivity index (χ3v) is 1.44. The molecule has 0 aromatic heterocycles. The molecule has 0 aromatic carbocycles. The van der Waals surface area contributed by atoms with E-state index >= 15 is 0 Å². The van der Waals surface area contributed by atoms with Crippen LogP contribution in [0.5, 0.6) is 0 Å². The van der Waals surface area contributed by atoms with Crippen LogP contribution in [0.15, 0.2) is 24.9 Å². The molecule has 0 spiro atoms. The zero-order chi connectivity index (χ0) is 7.28. The van der Waals surface area contributed by atoms with Gasteiger partial charge in [-0.05, 0) is 18.8 Å². The van der Waals surface area contributed by atoms with Gasteiger partial charge in [-0.2, -0.15) is 0 Å². The molecule has 52 valence electrons. The number of hydrogen-bond donors (Lipinski definition) is 1. The lowest BCUT2D eigenvalue weighted by molar-refractivity contribution is 0.617. The van der Waals surface area contributed by atoms with Crippen molar-refractivity contribution in [3.05, 3.63) is 24.9 Å². The van der Waals surface area contributed by atoms with Gasteiger partial charge >= 0.3 is 0 Å². The van der Waals surface area contributed by atoms with E-state index in [0.29, 0.717) is 5.92 Å². The van der Waals surface area contributed by atoms with Crippen molar-refractivity contribution in [2.45, 2.75) is 19.8 Å². The molecule has 2 N–H and O–H groups in total. The minimum Gasteiger partial charge on any atom is -0.402 e. The van der Waals surface area contributed by atoms with E-state index in [4.69, 9.17) is 5.73 Å². The fourth-order valence-electron chi connectivity index (χ4n) is 0.553. The fourth-order valence-corrected chi connectivity index (χ4v) is 0.553. The molecule has 1 nitrogen and oxygen atoms in total. The molecule has 0 saturated carbocycles. The Hall–Kier alpha value is -0.720. The van der Waals surface area contributed by atoms with Crippen molar-refractivity contribution < 1.29 is 0 Å². The van der Waals surface area contributed by atoms with E-state index in [2.05, 4.69) is 20.1 Å². The first-order valence-electron chi connectivity index (χ1n) is 3.23. The first-order valence-corrected chi connectivity index (χ1v) is 3.23. The Morgan fingerprint density at radius 1 is 1.78 bits per heavy atom. The molecule has 1 heteroatoms. The van der Waals surface area contributed by atoms with Gasteiger partial charge in [0, 0.05) is 5.70 Å². The summed E-state index contributed by atoms with van der Waals surface area (Å²) in [6, 6.07) is 0. The van der Waals surface area contributed by atoms with Crippen LogP contribution in [0, 0.1) is 5.92 Å². The summed E-state index contributed by atoms with van der Waals surface area (Å²) in [4.78, 5) is 0. The Balaban J connectivity index is 3.37. The Bertz CT molecular complexity index is 105. The van der Waals surface area contributed by atoms with Crippen molar-refractivity contribution >= 4 is 0 Å². The van der Waals surface area contributed by atoms with Crippen LogP contribution in [-0.4, -0.2) is 0 Å². The molecule has 9 heavy (non-hydrogen) atoms. The van der Waals surface area contributed by atoms with Gasteiger partial charge < -0.3 is 5.73 Å². The van der Waals surface area contributed by atoms with Crippen LogP contribution in [-0.2, 0) is 0 Å². The summed E-state index contributed by atoms with van der Waals surface area (Å²) < 4.78 is 0. The third-order valence-electron chi connectivity index (χ3n) is 1.44. The normalized spacial score (nSPS) is 12.6. The zero-order valence-electron chi connectivity index (χ0n) is 6.06. The summed E-state index contributed by atoms with van der Waals surface area (Å²) in [7, 11) is 0. The van der Waals surface area contributed by atoms with Gasteiger partial charge in [-0.3, -0.25) is 0 Å². The molecule has 0 saturated heterocycles. The fraction of sp³-hybridized carbons (Fsp3) is 0.500. The van der Waals surface area contributed by atoms with E-state index in [0.717, 1.165) is 18.5 Å². The number of rotatable bonds is 4. The molecular weight excluding hydrogens is 110 g/mol. The molecule has 1 unspecified atom stereocenters. The quantitative estimate of drug-likeness (QED) is 0.572. The summed E-state index contributed by atoms with van der Waals surface area (Å²) in [6.45, 7) is 9.35. The minimum atomic E-state index is 0.433. The van der Waals surface area contributed by atoms with E-state index in [1.54, 1.807) is 0 Å². The van der Waals surface area contributed by atoms with Gasteiger partial charge in [0.05, 0.1) is 0 Å². The second kappa shape index (κ2) is 4.19. The second-order valence-corrected chi connectivity index (χ2v) is 2.34. The Morgan fingerprint density at radius 2 is 2.33 bits per heavy atom. The Labute approximate surface area is 57.3 Å². The van der Waals surface area contributed by atoms with E-state index in [1.807, 2.05) is 6.08 Å². The lowest BCUT2D eigenvalue weighted by Crippen LogP contribution is -2.05. The highest BCUT2D eigenvalue weighted by atomic mass is 14.6. The lowest BCUT2D eigenvalue weighted by atomic mass is 10.0. The lowest BCUT2D eigenvalue weighted by Gasteiger charge is -2.07. The van der Waals surface area contributed by atoms with Crippen LogP contribution < -0.4 is 5.73 Å². The molecule has 0 rings (SSSR count). The van der Waals surface area contributed by atoms with Gasteiger partial charge in [-0.15, -0.1) is 6.58 Å². The second-order valence-electron chi connectivity index (χ2n) is 2.34. The third kappa shape index (κ3) is 3.83. The Kier molecular flexibility index (Phi) is 3.85. The standard InChI is InChI=1S/C8H15N/c1-4-5-6-7(2)8(3)9/h4,7H,1,3,5-6,9H2,2H3. The van der Waals surface area contributed by atoms with Crippen LogP contribution in [0.2, 0.25) is 0 Å². The molecule has 0 bridgehead atoms. The molecule has 0 aliphatic rings. The topological polar surface area (TPSA) is 26.0 Å². The van der Waals surface area contributed by atoms with Crippen molar-refractivity contribution in [2.24, 2.45) is 11.7 Å². The van der Waals surface area contributed by atoms with Crippen LogP contribution in [0.4, 0.5) is 0 Å². The summed E-state index contributed by atoms with van der Waals surface area (Å²) >= 11 is 0. The van der Waals surface area contributed by atoms with E-state index in [1.165, 1.54) is 0 Å². The average Bonchev–Trinajstić information content (AvgIpc) is 1.82. The molecule has 0 aromatic rings. The van der Waals surface area contributed by atoms with Crippen LogP contribution in [0.3, 0.4) is 0 Å². The molecule has 0 aliphatic carbocycles. The van der Waals surface area contributed by atoms with Crippen LogP contribution in [0.25, 0.3) is 0 Å². The van der Waals surface area contributed by atoms with Crippen molar-refractivity contribution in [1.82, 2.24) is 0 Å². The van der Waals surface area contributed by atoms with Gasteiger partial charge in [0.1, 0.15) is 0 Å². The van der Waals surface area contributed by atoms with E-state index in [-0.39, 0.29) is 0 Å². The van der Waals surface area contributed by atoms with E-state index < -0.39 is 0 Å². The van der Waals surface area contributed by atoms with Gasteiger partial charge in [-0.25, -0.2) is 0 Å². The number of allylic oxidation sites excluding steroid dienone is 2. The SMILES string of the molecule is C=CCCC(C)C(=C)N. The number of nitrogens with two attached hydrogens (primary N) is 1. The van der Waals surface area contributed by atoms with Gasteiger partial charge in [0.2, 0.25) is 0 Å². The largest absolute Gasteiger partial charge is 0.402 e. The predicted octanol–water partition coefficient (Wildman–Crippen LogP) is 2.06. The van der Waals surface area contributed by atoms with E-state index in [9.17, 15) is 0 Å². The van der Waals surface area contributed by atoms with Crippen molar-refractivity contribution in [3.8, 4) is 0 Å². The maximum Gasteiger partial charge on any atom is 0.00363 e. The average molecular weight is 125 g/mol. The van der Waals surface area contributed by atoms with Crippen molar-refractivity contribution in [1.29, 1.82) is 0 Å². The predicted molar refractivity (Wildman–Crippen MR) is 41.9 cm³/mol. The monoisotopic (exact) mass is 125 g/mol. The van der Waals surface area contributed by atoms with Crippen LogP contribution in [0.1, 0.15) is 19.8 Å².